The van der Waals surface area contributed by atoms with Gasteiger partial charge < -0.3 is 9.88 Å². The van der Waals surface area contributed by atoms with Gasteiger partial charge in [0.15, 0.2) is 5.43 Å². The second-order valence-corrected chi connectivity index (χ2v) is 6.74. The number of rotatable bonds is 2. The maximum Gasteiger partial charge on any atom is 0.259 e. The van der Waals surface area contributed by atoms with Crippen LogP contribution in [0.3, 0.4) is 0 Å². The summed E-state index contributed by atoms with van der Waals surface area (Å²) in [4.78, 5) is 30.0. The Kier molecular flexibility index (Phi) is 4.17. The van der Waals surface area contributed by atoms with Gasteiger partial charge in [0.2, 0.25) is 0 Å². The van der Waals surface area contributed by atoms with Gasteiger partial charge in [0.1, 0.15) is 5.56 Å². The van der Waals surface area contributed by atoms with Gasteiger partial charge in [0.25, 0.3) is 5.91 Å². The van der Waals surface area contributed by atoms with Crippen LogP contribution in [0.2, 0.25) is 0 Å². The third-order valence-electron chi connectivity index (χ3n) is 4.97. The quantitative estimate of drug-likeness (QED) is 0.774. The molecule has 0 radical (unpaired) electrons. The highest BCUT2D eigenvalue weighted by molar-refractivity contribution is 5.94. The zero-order valence-corrected chi connectivity index (χ0v) is 14.6. The van der Waals surface area contributed by atoms with Crippen molar-refractivity contribution in [1.29, 1.82) is 0 Å². The smallest absolute Gasteiger partial charge is 0.259 e. The van der Waals surface area contributed by atoms with Crippen molar-refractivity contribution in [3.8, 4) is 0 Å². The summed E-state index contributed by atoms with van der Waals surface area (Å²) in [5.74, 6) is -0.115. The molecule has 2 heterocycles. The summed E-state index contributed by atoms with van der Waals surface area (Å²) in [7, 11) is 0. The monoisotopic (exact) mass is 344 g/mol. The van der Waals surface area contributed by atoms with Gasteiger partial charge in [-0.2, -0.15) is 0 Å². The van der Waals surface area contributed by atoms with Crippen molar-refractivity contribution in [3.05, 3.63) is 105 Å². The number of nitrogens with one attached hydrogen (secondary N) is 1. The van der Waals surface area contributed by atoms with Crippen LogP contribution in [0.15, 0.2) is 71.7 Å². The number of aromatic amines is 1. The highest BCUT2D eigenvalue weighted by atomic mass is 16.2. The second kappa shape index (κ2) is 6.64. The molecule has 3 aromatic rings. The van der Waals surface area contributed by atoms with Gasteiger partial charge in [-0.3, -0.25) is 9.59 Å². The summed E-state index contributed by atoms with van der Waals surface area (Å²) in [5.41, 5.74) is 4.26. The van der Waals surface area contributed by atoms with Crippen LogP contribution < -0.4 is 5.43 Å². The van der Waals surface area contributed by atoms with Gasteiger partial charge in [-0.1, -0.05) is 54.6 Å². The maximum atomic E-state index is 13.0. The lowest BCUT2D eigenvalue weighted by atomic mass is 9.84. The molecule has 0 fully saturated rings. The first-order chi connectivity index (χ1) is 12.6. The lowest BCUT2D eigenvalue weighted by Gasteiger charge is -2.35. The van der Waals surface area contributed by atoms with Crippen LogP contribution in [-0.4, -0.2) is 22.3 Å². The molecule has 0 bridgehead atoms. The number of H-pyrrole nitrogens is 1. The topological polar surface area (TPSA) is 53.2 Å². The normalized spacial score (nSPS) is 16.2. The summed E-state index contributed by atoms with van der Waals surface area (Å²) in [5, 5.41) is 0. The number of nitrogens with zero attached hydrogens (tertiary/aromatic N) is 1. The molecule has 4 heteroatoms. The molecule has 0 aliphatic carbocycles. The number of aromatic nitrogens is 1. The van der Waals surface area contributed by atoms with Gasteiger partial charge in [-0.25, -0.2) is 0 Å². The fraction of sp³-hybridized carbons (Fsp3) is 0.182. The van der Waals surface area contributed by atoms with Crippen molar-refractivity contribution < 1.29 is 4.79 Å². The Labute approximate surface area is 152 Å². The van der Waals surface area contributed by atoms with Crippen molar-refractivity contribution in [3.63, 3.8) is 0 Å². The van der Waals surface area contributed by atoms with E-state index in [2.05, 4.69) is 29.2 Å². The molecule has 0 spiro atoms. The molecule has 1 aliphatic rings. The largest absolute Gasteiger partial charge is 0.364 e. The Morgan fingerprint density at radius 2 is 1.81 bits per heavy atom. The number of hydrogen-bond donors (Lipinski definition) is 1. The summed E-state index contributed by atoms with van der Waals surface area (Å²) in [6.45, 7) is 2.89. The minimum absolute atomic E-state index is 0.106. The molecular weight excluding hydrogens is 324 g/mol. The number of amides is 1. The molecule has 1 aromatic heterocycles. The van der Waals surface area contributed by atoms with Crippen LogP contribution in [-0.2, 0) is 6.54 Å². The highest BCUT2D eigenvalue weighted by Gasteiger charge is 2.30. The van der Waals surface area contributed by atoms with Crippen molar-refractivity contribution >= 4 is 5.91 Å². The highest BCUT2D eigenvalue weighted by Crippen LogP contribution is 2.33. The molecule has 2 aromatic carbocycles. The number of carbonyl (C=O) groups excluding carboxylic acids is 1. The molecule has 1 amide bonds. The van der Waals surface area contributed by atoms with E-state index in [0.717, 1.165) is 11.3 Å². The summed E-state index contributed by atoms with van der Waals surface area (Å²) in [6.07, 6.45) is 1.53. The Morgan fingerprint density at radius 1 is 1.08 bits per heavy atom. The first-order valence-electron chi connectivity index (χ1n) is 8.75. The number of hydrogen-bond acceptors (Lipinski definition) is 2. The molecular formula is C22H20N2O2. The second-order valence-electron chi connectivity index (χ2n) is 6.74. The van der Waals surface area contributed by atoms with Crippen molar-refractivity contribution in [2.45, 2.75) is 19.4 Å². The van der Waals surface area contributed by atoms with E-state index in [1.165, 1.54) is 23.4 Å². The molecule has 4 nitrogen and oxygen atoms in total. The Morgan fingerprint density at radius 3 is 2.58 bits per heavy atom. The number of fused-ring (bicyclic) bond motifs is 1. The summed E-state index contributed by atoms with van der Waals surface area (Å²) < 4.78 is 0. The van der Waals surface area contributed by atoms with Gasteiger partial charge >= 0.3 is 0 Å². The maximum absolute atomic E-state index is 13.0. The number of carbonyl (C=O) groups is 1. The van der Waals surface area contributed by atoms with E-state index < -0.39 is 0 Å². The summed E-state index contributed by atoms with van der Waals surface area (Å²) in [6, 6.07) is 19.9. The standard InChI is InChI=1S/C22H20N2O2/c1-15-11-21(25)19(12-23-15)22(26)24-13-17-9-5-6-10-18(17)20(14-24)16-7-3-2-4-8-16/h2-12,20H,13-14H2,1H3,(H,23,25)/t20-/m1/s1. The van der Waals surface area contributed by atoms with Gasteiger partial charge in [-0.05, 0) is 23.6 Å². The molecule has 1 aliphatic heterocycles. The third-order valence-corrected chi connectivity index (χ3v) is 4.97. The Balaban J connectivity index is 1.73. The van der Waals surface area contributed by atoms with Crippen LogP contribution in [0.5, 0.6) is 0 Å². The summed E-state index contributed by atoms with van der Waals surface area (Å²) >= 11 is 0. The van der Waals surface area contributed by atoms with Crippen molar-refractivity contribution in [2.24, 2.45) is 0 Å². The van der Waals surface area contributed by atoms with Crippen LogP contribution in [0, 0.1) is 6.92 Å². The average Bonchev–Trinajstić information content (AvgIpc) is 2.67. The van der Waals surface area contributed by atoms with E-state index in [-0.39, 0.29) is 22.8 Å². The van der Waals surface area contributed by atoms with E-state index in [4.69, 9.17) is 0 Å². The number of aryl methyl sites for hydroxylation is 1. The number of pyridine rings is 1. The van der Waals surface area contributed by atoms with E-state index in [1.54, 1.807) is 11.8 Å². The SMILES string of the molecule is Cc1cc(=O)c(C(=O)N2Cc3ccccc3[C@@H](c3ccccc3)C2)c[nH]1. The minimum atomic E-state index is -0.235. The van der Waals surface area contributed by atoms with Gasteiger partial charge in [0, 0.05) is 37.0 Å². The molecule has 1 atom stereocenters. The predicted octanol–water partition coefficient (Wildman–Crippen LogP) is 3.47. The van der Waals surface area contributed by atoms with Crippen LogP contribution in [0.1, 0.15) is 38.7 Å². The molecule has 26 heavy (non-hydrogen) atoms. The van der Waals surface area contributed by atoms with Gasteiger partial charge in [-0.15, -0.1) is 0 Å². The zero-order valence-electron chi connectivity index (χ0n) is 14.6. The Hall–Kier alpha value is -3.14. The molecule has 1 N–H and O–H groups in total. The lowest BCUT2D eigenvalue weighted by Crippen LogP contribution is -2.40. The van der Waals surface area contributed by atoms with Crippen LogP contribution in [0.4, 0.5) is 0 Å². The van der Waals surface area contributed by atoms with E-state index >= 15 is 0 Å². The Bertz CT molecular complexity index is 1010. The van der Waals surface area contributed by atoms with Crippen LogP contribution in [0.25, 0.3) is 0 Å². The van der Waals surface area contributed by atoms with E-state index in [1.807, 2.05) is 30.3 Å². The van der Waals surface area contributed by atoms with E-state index in [9.17, 15) is 9.59 Å². The van der Waals surface area contributed by atoms with Gasteiger partial charge in [0.05, 0.1) is 0 Å². The van der Waals surface area contributed by atoms with E-state index in [0.29, 0.717) is 13.1 Å². The van der Waals surface area contributed by atoms with Crippen LogP contribution >= 0.6 is 0 Å². The van der Waals surface area contributed by atoms with Crippen molar-refractivity contribution in [2.75, 3.05) is 6.54 Å². The molecule has 130 valence electrons. The molecule has 0 saturated carbocycles. The fourth-order valence-electron chi connectivity index (χ4n) is 3.64. The lowest BCUT2D eigenvalue weighted by molar-refractivity contribution is 0.0723. The number of benzene rings is 2. The fourth-order valence-corrected chi connectivity index (χ4v) is 3.64. The molecule has 4 rings (SSSR count). The third kappa shape index (κ3) is 2.94. The van der Waals surface area contributed by atoms with Crippen molar-refractivity contribution in [1.82, 2.24) is 9.88 Å². The predicted molar refractivity (Wildman–Crippen MR) is 101 cm³/mol. The molecule has 0 unspecified atom stereocenters. The average molecular weight is 344 g/mol. The first kappa shape index (κ1) is 16.3. The zero-order chi connectivity index (χ0) is 18.1. The first-order valence-corrected chi connectivity index (χ1v) is 8.75. The minimum Gasteiger partial charge on any atom is -0.364 e. The molecule has 0 saturated heterocycles.